The van der Waals surface area contributed by atoms with Gasteiger partial charge in [0.05, 0.1) is 5.92 Å². The van der Waals surface area contributed by atoms with Crippen LogP contribution in [0.2, 0.25) is 0 Å². The summed E-state index contributed by atoms with van der Waals surface area (Å²) in [5, 5.41) is 4.35. The highest BCUT2D eigenvalue weighted by atomic mass is 16.2. The predicted octanol–water partition coefficient (Wildman–Crippen LogP) is 4.21. The normalized spacial score (nSPS) is 20.5. The van der Waals surface area contributed by atoms with Crippen molar-refractivity contribution in [3.05, 3.63) is 71.9 Å². The Hall–Kier alpha value is -3.08. The third-order valence-electron chi connectivity index (χ3n) is 6.97. The Balaban J connectivity index is 1.32. The number of hydrogen-bond acceptors (Lipinski definition) is 2. The summed E-state index contributed by atoms with van der Waals surface area (Å²) in [6.07, 6.45) is 6.93. The van der Waals surface area contributed by atoms with Gasteiger partial charge in [-0.05, 0) is 30.0 Å². The van der Waals surface area contributed by atoms with Crippen molar-refractivity contribution in [2.24, 2.45) is 5.92 Å². The van der Waals surface area contributed by atoms with E-state index in [0.29, 0.717) is 25.6 Å². The van der Waals surface area contributed by atoms with Gasteiger partial charge in [0, 0.05) is 48.6 Å². The van der Waals surface area contributed by atoms with Crippen LogP contribution in [-0.4, -0.2) is 40.8 Å². The molecule has 0 radical (unpaired) electrons. The van der Waals surface area contributed by atoms with Crippen molar-refractivity contribution in [3.63, 3.8) is 0 Å². The highest BCUT2D eigenvalue weighted by molar-refractivity contribution is 5.89. The molecule has 160 valence electrons. The van der Waals surface area contributed by atoms with Gasteiger partial charge in [-0.15, -0.1) is 0 Å². The van der Waals surface area contributed by atoms with Gasteiger partial charge in [-0.3, -0.25) is 9.59 Å². The van der Waals surface area contributed by atoms with Crippen molar-refractivity contribution < 1.29 is 9.59 Å². The van der Waals surface area contributed by atoms with Crippen LogP contribution >= 0.6 is 0 Å². The van der Waals surface area contributed by atoms with E-state index in [-0.39, 0.29) is 23.7 Å². The monoisotopic (exact) mass is 415 g/mol. The second kappa shape index (κ2) is 8.58. The number of nitrogens with one attached hydrogen (secondary N) is 2. The van der Waals surface area contributed by atoms with E-state index in [9.17, 15) is 9.59 Å². The fourth-order valence-corrected chi connectivity index (χ4v) is 5.30. The molecule has 31 heavy (non-hydrogen) atoms. The van der Waals surface area contributed by atoms with Gasteiger partial charge < -0.3 is 15.2 Å². The topological polar surface area (TPSA) is 65.2 Å². The standard InChI is InChI=1S/C26H29N3O2/c30-25-14-19(17-29(25)20-10-4-5-11-20)26(31)28-15-22(18-8-2-1-3-9-18)23-16-27-24-13-7-6-12-21(23)24/h1-3,6-9,12-13,16,19-20,22,27H,4-5,10-11,14-15,17H2,(H,28,31). The van der Waals surface area contributed by atoms with Crippen LogP contribution in [-0.2, 0) is 9.59 Å². The summed E-state index contributed by atoms with van der Waals surface area (Å²) in [6.45, 7) is 1.08. The Morgan fingerprint density at radius 2 is 1.81 bits per heavy atom. The quantitative estimate of drug-likeness (QED) is 0.633. The van der Waals surface area contributed by atoms with E-state index in [2.05, 4.69) is 40.8 Å². The molecule has 1 aliphatic heterocycles. The summed E-state index contributed by atoms with van der Waals surface area (Å²) in [7, 11) is 0. The molecule has 5 rings (SSSR count). The Bertz CT molecular complexity index is 1070. The maximum Gasteiger partial charge on any atom is 0.225 e. The van der Waals surface area contributed by atoms with E-state index in [1.54, 1.807) is 0 Å². The Morgan fingerprint density at radius 1 is 1.06 bits per heavy atom. The molecule has 1 saturated heterocycles. The van der Waals surface area contributed by atoms with Gasteiger partial charge in [0.25, 0.3) is 0 Å². The fourth-order valence-electron chi connectivity index (χ4n) is 5.30. The molecule has 1 aliphatic carbocycles. The number of aromatic amines is 1. The molecule has 2 fully saturated rings. The Kier molecular flexibility index (Phi) is 5.49. The number of carbonyl (C=O) groups is 2. The first-order valence-electron chi connectivity index (χ1n) is 11.4. The first-order chi connectivity index (χ1) is 15.2. The number of hydrogen-bond donors (Lipinski definition) is 2. The van der Waals surface area contributed by atoms with Crippen molar-refractivity contribution >= 4 is 22.7 Å². The number of H-pyrrole nitrogens is 1. The summed E-state index contributed by atoms with van der Waals surface area (Å²) in [5.41, 5.74) is 3.44. The lowest BCUT2D eigenvalue weighted by molar-refractivity contribution is -0.130. The van der Waals surface area contributed by atoms with Gasteiger partial charge in [-0.2, -0.15) is 0 Å². The van der Waals surface area contributed by atoms with Crippen LogP contribution in [0, 0.1) is 5.92 Å². The molecule has 2 aliphatic rings. The summed E-state index contributed by atoms with van der Waals surface area (Å²) in [4.78, 5) is 30.9. The Morgan fingerprint density at radius 3 is 2.61 bits per heavy atom. The molecule has 5 heteroatoms. The van der Waals surface area contributed by atoms with Crippen molar-refractivity contribution in [1.82, 2.24) is 15.2 Å². The summed E-state index contributed by atoms with van der Waals surface area (Å²) < 4.78 is 0. The maximum atomic E-state index is 13.0. The second-order valence-corrected chi connectivity index (χ2v) is 8.88. The second-order valence-electron chi connectivity index (χ2n) is 8.88. The van der Waals surface area contributed by atoms with Gasteiger partial charge in [-0.25, -0.2) is 0 Å². The molecule has 1 aromatic heterocycles. The number of rotatable bonds is 6. The minimum atomic E-state index is -0.243. The number of carbonyl (C=O) groups excluding carboxylic acids is 2. The molecule has 1 saturated carbocycles. The van der Waals surface area contributed by atoms with Gasteiger partial charge in [0.15, 0.2) is 0 Å². The smallest absolute Gasteiger partial charge is 0.225 e. The number of nitrogens with zero attached hydrogens (tertiary/aromatic N) is 1. The first kappa shape index (κ1) is 19.9. The van der Waals surface area contributed by atoms with Crippen LogP contribution in [0.15, 0.2) is 60.8 Å². The van der Waals surface area contributed by atoms with Crippen LogP contribution in [0.5, 0.6) is 0 Å². The zero-order valence-electron chi connectivity index (χ0n) is 17.7. The average molecular weight is 416 g/mol. The van der Waals surface area contributed by atoms with Crippen LogP contribution in [0.4, 0.5) is 0 Å². The molecule has 2 N–H and O–H groups in total. The number of amides is 2. The predicted molar refractivity (Wildman–Crippen MR) is 122 cm³/mol. The van der Waals surface area contributed by atoms with Crippen molar-refractivity contribution in [2.75, 3.05) is 13.1 Å². The van der Waals surface area contributed by atoms with Crippen LogP contribution < -0.4 is 5.32 Å². The summed E-state index contributed by atoms with van der Waals surface area (Å²) >= 11 is 0. The minimum Gasteiger partial charge on any atom is -0.361 e. The van der Waals surface area contributed by atoms with E-state index in [4.69, 9.17) is 0 Å². The maximum absolute atomic E-state index is 13.0. The van der Waals surface area contributed by atoms with E-state index in [1.165, 1.54) is 29.4 Å². The van der Waals surface area contributed by atoms with Crippen LogP contribution in [0.3, 0.4) is 0 Å². The van der Waals surface area contributed by atoms with Crippen LogP contribution in [0.25, 0.3) is 10.9 Å². The molecular formula is C26H29N3O2. The lowest BCUT2D eigenvalue weighted by Gasteiger charge is -2.24. The number of likely N-dealkylation sites (tertiary alicyclic amines) is 1. The number of benzene rings is 2. The van der Waals surface area contributed by atoms with Crippen molar-refractivity contribution in [3.8, 4) is 0 Å². The molecular weight excluding hydrogens is 386 g/mol. The SMILES string of the molecule is O=C(NCC(c1ccccc1)c1c[nH]c2ccccc12)C1CC(=O)N(C2CCCC2)C1. The summed E-state index contributed by atoms with van der Waals surface area (Å²) in [6, 6.07) is 18.9. The number of aromatic nitrogens is 1. The van der Waals surface area contributed by atoms with E-state index < -0.39 is 0 Å². The molecule has 2 amide bonds. The largest absolute Gasteiger partial charge is 0.361 e. The zero-order valence-corrected chi connectivity index (χ0v) is 17.7. The fraction of sp³-hybridized carbons (Fsp3) is 0.385. The molecule has 0 bridgehead atoms. The van der Waals surface area contributed by atoms with Crippen molar-refractivity contribution in [2.45, 2.75) is 44.1 Å². The number of fused-ring (bicyclic) bond motifs is 1. The van der Waals surface area contributed by atoms with Gasteiger partial charge in [0.2, 0.25) is 11.8 Å². The average Bonchev–Trinajstić information content (AvgIpc) is 3.54. The van der Waals surface area contributed by atoms with Gasteiger partial charge in [0.1, 0.15) is 0 Å². The third-order valence-corrected chi connectivity index (χ3v) is 6.97. The molecule has 2 heterocycles. The van der Waals surface area contributed by atoms with E-state index in [1.807, 2.05) is 35.2 Å². The van der Waals surface area contributed by atoms with Crippen molar-refractivity contribution in [1.29, 1.82) is 0 Å². The highest BCUT2D eigenvalue weighted by Gasteiger charge is 2.38. The zero-order chi connectivity index (χ0) is 21.2. The first-order valence-corrected chi connectivity index (χ1v) is 11.4. The third kappa shape index (κ3) is 3.97. The lowest BCUT2D eigenvalue weighted by Crippen LogP contribution is -2.38. The minimum absolute atomic E-state index is 0.00498. The lowest BCUT2D eigenvalue weighted by atomic mass is 9.90. The van der Waals surface area contributed by atoms with E-state index >= 15 is 0 Å². The van der Waals surface area contributed by atoms with Crippen LogP contribution in [0.1, 0.15) is 49.1 Å². The highest BCUT2D eigenvalue weighted by Crippen LogP contribution is 2.32. The van der Waals surface area contributed by atoms with Gasteiger partial charge >= 0.3 is 0 Å². The number of para-hydroxylation sites is 1. The Labute approximate surface area is 182 Å². The van der Waals surface area contributed by atoms with E-state index in [0.717, 1.165) is 18.4 Å². The molecule has 5 nitrogen and oxygen atoms in total. The molecule has 0 spiro atoms. The molecule has 2 atom stereocenters. The molecule has 3 aromatic rings. The summed E-state index contributed by atoms with van der Waals surface area (Å²) in [5.74, 6) is -0.0604. The van der Waals surface area contributed by atoms with Gasteiger partial charge in [-0.1, -0.05) is 61.4 Å². The molecule has 2 unspecified atom stereocenters. The molecule has 2 aromatic carbocycles.